The molecular formula is C23H35NO3. The van der Waals surface area contributed by atoms with Gasteiger partial charge in [-0.2, -0.15) is 0 Å². The van der Waals surface area contributed by atoms with E-state index in [9.17, 15) is 10.2 Å². The Labute approximate surface area is 163 Å². The summed E-state index contributed by atoms with van der Waals surface area (Å²) < 4.78 is 6.29. The average Bonchev–Trinajstić information content (AvgIpc) is 3.16. The highest BCUT2D eigenvalue weighted by atomic mass is 16.5. The largest absolute Gasteiger partial charge is 0.489 e. The summed E-state index contributed by atoms with van der Waals surface area (Å²) in [6.45, 7) is 2.89. The summed E-state index contributed by atoms with van der Waals surface area (Å²) in [5, 5.41) is 20.8. The molecule has 0 saturated heterocycles. The summed E-state index contributed by atoms with van der Waals surface area (Å²) >= 11 is 0. The lowest BCUT2D eigenvalue weighted by molar-refractivity contribution is 0.135. The van der Waals surface area contributed by atoms with Crippen LogP contribution in [0.15, 0.2) is 30.4 Å². The van der Waals surface area contributed by atoms with Crippen LogP contribution in [0.25, 0.3) is 0 Å². The first-order valence-corrected chi connectivity index (χ1v) is 10.7. The first-order valence-electron chi connectivity index (χ1n) is 10.7. The number of nitrogens with two attached hydrogens (primary N) is 1. The molecule has 150 valence electrons. The molecule has 0 bridgehead atoms. The van der Waals surface area contributed by atoms with Gasteiger partial charge in [-0.1, -0.05) is 56.5 Å². The van der Waals surface area contributed by atoms with Crippen LogP contribution in [-0.4, -0.2) is 35.1 Å². The Morgan fingerprint density at radius 2 is 2.11 bits per heavy atom. The van der Waals surface area contributed by atoms with Crippen LogP contribution in [-0.2, 0) is 6.42 Å². The molecule has 2 aliphatic rings. The van der Waals surface area contributed by atoms with E-state index in [4.69, 9.17) is 10.5 Å². The number of benzene rings is 1. The average molecular weight is 374 g/mol. The summed E-state index contributed by atoms with van der Waals surface area (Å²) in [4.78, 5) is 0. The number of aliphatic hydroxyl groups is 2. The van der Waals surface area contributed by atoms with Gasteiger partial charge in [0.2, 0.25) is 0 Å². The summed E-state index contributed by atoms with van der Waals surface area (Å²) in [5.74, 6) is 1.22. The minimum atomic E-state index is -0.424. The lowest BCUT2D eigenvalue weighted by Gasteiger charge is -2.18. The molecular weight excluding hydrogens is 338 g/mol. The van der Waals surface area contributed by atoms with Gasteiger partial charge < -0.3 is 20.7 Å². The summed E-state index contributed by atoms with van der Waals surface area (Å²) in [7, 11) is 0. The Kier molecular flexibility index (Phi) is 7.33. The number of unbranched alkanes of at least 4 members (excludes halogenated alkanes) is 3. The van der Waals surface area contributed by atoms with Gasteiger partial charge in [-0.3, -0.25) is 0 Å². The monoisotopic (exact) mass is 373 g/mol. The van der Waals surface area contributed by atoms with Gasteiger partial charge in [0.05, 0.1) is 12.2 Å². The van der Waals surface area contributed by atoms with Crippen molar-refractivity contribution in [1.29, 1.82) is 0 Å². The normalized spacial score (nSPS) is 27.6. The van der Waals surface area contributed by atoms with Crippen LogP contribution in [0.4, 0.5) is 0 Å². The van der Waals surface area contributed by atoms with Crippen LogP contribution in [0, 0.1) is 5.92 Å². The highest BCUT2D eigenvalue weighted by Gasteiger charge is 2.48. The van der Waals surface area contributed by atoms with E-state index >= 15 is 0 Å². The lowest BCUT2D eigenvalue weighted by Crippen LogP contribution is -2.17. The van der Waals surface area contributed by atoms with Crippen molar-refractivity contribution in [2.45, 2.75) is 82.5 Å². The number of ether oxygens (including phenoxy) is 1. The fraction of sp³-hybridized carbons (Fsp3) is 0.652. The van der Waals surface area contributed by atoms with Crippen molar-refractivity contribution in [3.05, 3.63) is 41.5 Å². The molecule has 0 amide bonds. The number of aliphatic hydroxyl groups excluding tert-OH is 2. The lowest BCUT2D eigenvalue weighted by atomic mass is 9.86. The second kappa shape index (κ2) is 9.72. The van der Waals surface area contributed by atoms with Crippen molar-refractivity contribution in [2.24, 2.45) is 11.7 Å². The zero-order valence-electron chi connectivity index (χ0n) is 16.5. The molecule has 1 aliphatic carbocycles. The molecule has 1 aromatic rings. The first kappa shape index (κ1) is 20.4. The number of fused-ring (bicyclic) bond motifs is 3. The van der Waals surface area contributed by atoms with E-state index in [-0.39, 0.29) is 17.9 Å². The van der Waals surface area contributed by atoms with E-state index in [0.717, 1.165) is 57.2 Å². The molecule has 27 heavy (non-hydrogen) atoms. The third-order valence-electron chi connectivity index (χ3n) is 6.05. The molecule has 4 nitrogen and oxygen atoms in total. The molecule has 1 aliphatic heterocycles. The number of hydrogen-bond acceptors (Lipinski definition) is 4. The van der Waals surface area contributed by atoms with Crippen molar-refractivity contribution in [2.75, 3.05) is 6.54 Å². The molecule has 0 unspecified atom stereocenters. The second-order valence-electron chi connectivity index (χ2n) is 8.09. The highest BCUT2D eigenvalue weighted by Crippen LogP contribution is 2.52. The van der Waals surface area contributed by atoms with E-state index in [2.05, 4.69) is 25.1 Å². The van der Waals surface area contributed by atoms with Gasteiger partial charge in [0.15, 0.2) is 0 Å². The van der Waals surface area contributed by atoms with E-state index in [0.29, 0.717) is 6.42 Å². The van der Waals surface area contributed by atoms with E-state index in [1.807, 2.05) is 12.2 Å². The third-order valence-corrected chi connectivity index (χ3v) is 6.05. The maximum atomic E-state index is 10.6. The second-order valence-corrected chi connectivity index (χ2v) is 8.09. The van der Waals surface area contributed by atoms with Crippen molar-refractivity contribution in [3.8, 4) is 5.75 Å². The SMILES string of the molecule is CCCCC[C@H](O)/C=C/[C@@H]1[C@H]2c3cccc(CCCCN)c3O[C@H]2C[C@H]1O. The van der Waals surface area contributed by atoms with Gasteiger partial charge in [0, 0.05) is 23.8 Å². The summed E-state index contributed by atoms with van der Waals surface area (Å²) in [5.41, 5.74) is 8.10. The fourth-order valence-corrected chi connectivity index (χ4v) is 4.58. The highest BCUT2D eigenvalue weighted by molar-refractivity contribution is 5.49. The number of hydrogen-bond donors (Lipinski definition) is 3. The molecule has 0 aromatic heterocycles. The maximum absolute atomic E-state index is 10.6. The molecule has 4 N–H and O–H groups in total. The Morgan fingerprint density at radius 1 is 1.26 bits per heavy atom. The van der Waals surface area contributed by atoms with Crippen molar-refractivity contribution in [1.82, 2.24) is 0 Å². The van der Waals surface area contributed by atoms with Gasteiger partial charge >= 0.3 is 0 Å². The zero-order valence-corrected chi connectivity index (χ0v) is 16.5. The number of para-hydroxylation sites is 1. The van der Waals surface area contributed by atoms with E-state index in [1.165, 1.54) is 11.1 Å². The number of rotatable bonds is 10. The third kappa shape index (κ3) is 4.74. The molecule has 5 atom stereocenters. The molecule has 4 heteroatoms. The van der Waals surface area contributed by atoms with Crippen molar-refractivity contribution >= 4 is 0 Å². The maximum Gasteiger partial charge on any atom is 0.126 e. The Bertz CT molecular complexity index is 630. The standard InChI is InChI=1S/C23H35NO3/c1-2-3-4-10-17(25)12-13-18-20(26)15-21-22(18)19-11-7-9-16(23(19)27-21)8-5-6-14-24/h7,9,11-13,17-18,20-22,25-26H,2-6,8,10,14-15,24H2,1H3/b13-12+/t17-,18-,20+,21-,22-/m0/s1. The Hall–Kier alpha value is -1.36. The summed E-state index contributed by atoms with van der Waals surface area (Å²) in [6, 6.07) is 6.39. The zero-order chi connectivity index (χ0) is 19.2. The molecule has 1 aromatic carbocycles. The van der Waals surface area contributed by atoms with Gasteiger partial charge in [-0.05, 0) is 37.8 Å². The van der Waals surface area contributed by atoms with E-state index in [1.54, 1.807) is 0 Å². The van der Waals surface area contributed by atoms with Crippen molar-refractivity contribution in [3.63, 3.8) is 0 Å². The predicted molar refractivity (Wildman–Crippen MR) is 109 cm³/mol. The fourth-order valence-electron chi connectivity index (χ4n) is 4.58. The first-order chi connectivity index (χ1) is 13.2. The molecule has 0 spiro atoms. The van der Waals surface area contributed by atoms with Crippen LogP contribution >= 0.6 is 0 Å². The molecule has 1 heterocycles. The topological polar surface area (TPSA) is 75.7 Å². The van der Waals surface area contributed by atoms with Crippen LogP contribution in [0.3, 0.4) is 0 Å². The minimum Gasteiger partial charge on any atom is -0.489 e. The smallest absolute Gasteiger partial charge is 0.126 e. The van der Waals surface area contributed by atoms with Crippen LogP contribution < -0.4 is 10.5 Å². The van der Waals surface area contributed by atoms with Crippen LogP contribution in [0.5, 0.6) is 5.75 Å². The summed E-state index contributed by atoms with van der Waals surface area (Å²) in [6.07, 6.45) is 11.0. The van der Waals surface area contributed by atoms with Crippen molar-refractivity contribution < 1.29 is 14.9 Å². The molecule has 3 rings (SSSR count). The van der Waals surface area contributed by atoms with Crippen LogP contribution in [0.2, 0.25) is 0 Å². The van der Waals surface area contributed by atoms with Gasteiger partial charge in [0.25, 0.3) is 0 Å². The minimum absolute atomic E-state index is 0.0105. The quantitative estimate of drug-likeness (QED) is 0.432. The van der Waals surface area contributed by atoms with Crippen LogP contribution in [0.1, 0.15) is 68.9 Å². The van der Waals surface area contributed by atoms with Gasteiger partial charge in [-0.25, -0.2) is 0 Å². The van der Waals surface area contributed by atoms with E-state index < -0.39 is 12.2 Å². The van der Waals surface area contributed by atoms with Gasteiger partial charge in [-0.15, -0.1) is 0 Å². The molecule has 1 fully saturated rings. The Morgan fingerprint density at radius 3 is 2.89 bits per heavy atom. The predicted octanol–water partition coefficient (Wildman–Crippen LogP) is 3.69. The van der Waals surface area contributed by atoms with Gasteiger partial charge in [0.1, 0.15) is 11.9 Å². The Balaban J connectivity index is 1.71. The molecule has 1 saturated carbocycles. The molecule has 0 radical (unpaired) electrons. The number of aryl methyl sites for hydroxylation is 1.